The van der Waals surface area contributed by atoms with Gasteiger partial charge in [0.2, 0.25) is 0 Å². The molecule has 0 unspecified atom stereocenters. The molecule has 0 atom stereocenters. The SMILES string of the molecule is COCCNCc1c(Cl)cccc1SC(C)C. The van der Waals surface area contributed by atoms with Gasteiger partial charge in [0.1, 0.15) is 0 Å². The zero-order chi connectivity index (χ0) is 12.7. The predicted octanol–water partition coefficient (Wildman–Crippen LogP) is 3.58. The van der Waals surface area contributed by atoms with E-state index < -0.39 is 0 Å². The fourth-order valence-electron chi connectivity index (χ4n) is 1.46. The van der Waals surface area contributed by atoms with E-state index in [1.807, 2.05) is 23.9 Å². The second-order valence-electron chi connectivity index (χ2n) is 4.05. The van der Waals surface area contributed by atoms with Gasteiger partial charge in [-0.15, -0.1) is 11.8 Å². The van der Waals surface area contributed by atoms with Crippen molar-refractivity contribution in [3.05, 3.63) is 28.8 Å². The standard InChI is InChI=1S/C13H20ClNOS/c1-10(2)17-13-6-4-5-12(14)11(13)9-15-7-8-16-3/h4-6,10,15H,7-9H2,1-3H3. The second-order valence-corrected chi connectivity index (χ2v) is 6.08. The molecule has 0 saturated heterocycles. The van der Waals surface area contributed by atoms with Crippen molar-refractivity contribution in [3.63, 3.8) is 0 Å². The van der Waals surface area contributed by atoms with Crippen molar-refractivity contribution in [1.82, 2.24) is 5.32 Å². The summed E-state index contributed by atoms with van der Waals surface area (Å²) in [6, 6.07) is 6.08. The average molecular weight is 274 g/mol. The molecule has 0 heterocycles. The lowest BCUT2D eigenvalue weighted by Crippen LogP contribution is -2.19. The van der Waals surface area contributed by atoms with Gasteiger partial charge in [-0.1, -0.05) is 31.5 Å². The van der Waals surface area contributed by atoms with Crippen LogP contribution in [0.5, 0.6) is 0 Å². The van der Waals surface area contributed by atoms with Crippen LogP contribution in [0.15, 0.2) is 23.1 Å². The minimum absolute atomic E-state index is 0.561. The molecule has 2 nitrogen and oxygen atoms in total. The number of hydrogen-bond acceptors (Lipinski definition) is 3. The van der Waals surface area contributed by atoms with E-state index in [2.05, 4.69) is 25.2 Å². The Labute approximate surface area is 113 Å². The van der Waals surface area contributed by atoms with Gasteiger partial charge in [0.05, 0.1) is 6.61 Å². The zero-order valence-corrected chi connectivity index (χ0v) is 12.2. The van der Waals surface area contributed by atoms with Crippen LogP contribution in [0.25, 0.3) is 0 Å². The Kier molecular flexibility index (Phi) is 6.97. The largest absolute Gasteiger partial charge is 0.383 e. The fourth-order valence-corrected chi connectivity index (χ4v) is 2.75. The van der Waals surface area contributed by atoms with Crippen LogP contribution in [-0.2, 0) is 11.3 Å². The minimum Gasteiger partial charge on any atom is -0.383 e. The van der Waals surface area contributed by atoms with Crippen LogP contribution < -0.4 is 5.32 Å². The lowest BCUT2D eigenvalue weighted by molar-refractivity contribution is 0.199. The maximum Gasteiger partial charge on any atom is 0.0587 e. The Morgan fingerprint density at radius 1 is 1.41 bits per heavy atom. The van der Waals surface area contributed by atoms with Gasteiger partial charge in [-0.25, -0.2) is 0 Å². The Hall–Kier alpha value is -0.220. The number of nitrogens with one attached hydrogen (secondary N) is 1. The smallest absolute Gasteiger partial charge is 0.0587 e. The molecule has 0 amide bonds. The first-order valence-electron chi connectivity index (χ1n) is 5.79. The van der Waals surface area contributed by atoms with Gasteiger partial charge in [0.25, 0.3) is 0 Å². The molecule has 0 aliphatic rings. The summed E-state index contributed by atoms with van der Waals surface area (Å²) in [5.41, 5.74) is 1.18. The summed E-state index contributed by atoms with van der Waals surface area (Å²) in [4.78, 5) is 1.26. The first-order chi connectivity index (χ1) is 8.15. The summed E-state index contributed by atoms with van der Waals surface area (Å²) < 4.78 is 5.00. The lowest BCUT2D eigenvalue weighted by Gasteiger charge is -2.13. The summed E-state index contributed by atoms with van der Waals surface area (Å²) in [7, 11) is 1.71. The highest BCUT2D eigenvalue weighted by Gasteiger charge is 2.08. The molecule has 1 aromatic carbocycles. The van der Waals surface area contributed by atoms with Crippen molar-refractivity contribution in [1.29, 1.82) is 0 Å². The van der Waals surface area contributed by atoms with Gasteiger partial charge in [0, 0.05) is 35.4 Å². The Bertz CT molecular complexity index is 344. The number of hydrogen-bond donors (Lipinski definition) is 1. The van der Waals surface area contributed by atoms with E-state index in [0.717, 1.165) is 24.7 Å². The first kappa shape index (κ1) is 14.8. The van der Waals surface area contributed by atoms with Crippen LogP contribution in [0, 0.1) is 0 Å². The third-order valence-corrected chi connectivity index (χ3v) is 3.69. The molecule has 0 aromatic heterocycles. The predicted molar refractivity (Wildman–Crippen MR) is 76.0 cm³/mol. The molecule has 0 saturated carbocycles. The number of thioether (sulfide) groups is 1. The summed E-state index contributed by atoms with van der Waals surface area (Å²) in [5, 5.41) is 4.73. The van der Waals surface area contributed by atoms with Crippen LogP contribution in [0.1, 0.15) is 19.4 Å². The number of benzene rings is 1. The van der Waals surface area contributed by atoms with E-state index in [9.17, 15) is 0 Å². The van der Waals surface area contributed by atoms with Crippen LogP contribution in [-0.4, -0.2) is 25.5 Å². The third-order valence-electron chi connectivity index (χ3n) is 2.22. The Morgan fingerprint density at radius 3 is 2.82 bits per heavy atom. The molecule has 0 spiro atoms. The molecule has 17 heavy (non-hydrogen) atoms. The third kappa shape index (κ3) is 5.30. The molecule has 0 fully saturated rings. The van der Waals surface area contributed by atoms with E-state index in [-0.39, 0.29) is 0 Å². The highest BCUT2D eigenvalue weighted by Crippen LogP contribution is 2.30. The first-order valence-corrected chi connectivity index (χ1v) is 7.04. The normalized spacial score (nSPS) is 11.1. The van der Waals surface area contributed by atoms with Crippen molar-refractivity contribution in [3.8, 4) is 0 Å². The molecule has 96 valence electrons. The van der Waals surface area contributed by atoms with E-state index in [0.29, 0.717) is 5.25 Å². The quantitative estimate of drug-likeness (QED) is 0.606. The highest BCUT2D eigenvalue weighted by atomic mass is 35.5. The van der Waals surface area contributed by atoms with Gasteiger partial charge in [0.15, 0.2) is 0 Å². The van der Waals surface area contributed by atoms with Gasteiger partial charge in [-0.05, 0) is 17.7 Å². The monoisotopic (exact) mass is 273 g/mol. The molecule has 1 rings (SSSR count). The number of ether oxygens (including phenoxy) is 1. The molecule has 0 aliphatic carbocycles. The molecule has 1 N–H and O–H groups in total. The molecular weight excluding hydrogens is 254 g/mol. The molecule has 0 bridgehead atoms. The van der Waals surface area contributed by atoms with Crippen LogP contribution in [0.4, 0.5) is 0 Å². The van der Waals surface area contributed by atoms with Crippen LogP contribution in [0.3, 0.4) is 0 Å². The summed E-state index contributed by atoms with van der Waals surface area (Å²) in [5.74, 6) is 0. The van der Waals surface area contributed by atoms with Gasteiger partial charge >= 0.3 is 0 Å². The number of halogens is 1. The topological polar surface area (TPSA) is 21.3 Å². The minimum atomic E-state index is 0.561. The summed E-state index contributed by atoms with van der Waals surface area (Å²) >= 11 is 8.09. The van der Waals surface area contributed by atoms with Crippen LogP contribution >= 0.6 is 23.4 Å². The molecule has 1 aromatic rings. The van der Waals surface area contributed by atoms with Crippen molar-refractivity contribution in [2.45, 2.75) is 30.5 Å². The van der Waals surface area contributed by atoms with Crippen LogP contribution in [0.2, 0.25) is 5.02 Å². The Balaban J connectivity index is 2.66. The summed E-state index contributed by atoms with van der Waals surface area (Å²) in [6.45, 7) is 6.73. The van der Waals surface area contributed by atoms with E-state index in [4.69, 9.17) is 16.3 Å². The molecule has 0 radical (unpaired) electrons. The lowest BCUT2D eigenvalue weighted by atomic mass is 10.2. The van der Waals surface area contributed by atoms with Crippen molar-refractivity contribution in [2.75, 3.05) is 20.3 Å². The maximum atomic E-state index is 6.24. The second kappa shape index (κ2) is 7.98. The fraction of sp³-hybridized carbons (Fsp3) is 0.538. The van der Waals surface area contributed by atoms with Gasteiger partial charge < -0.3 is 10.1 Å². The molecule has 4 heteroatoms. The van der Waals surface area contributed by atoms with E-state index >= 15 is 0 Å². The van der Waals surface area contributed by atoms with Crippen molar-refractivity contribution in [2.24, 2.45) is 0 Å². The molecule has 0 aliphatic heterocycles. The number of methoxy groups -OCH3 is 1. The maximum absolute atomic E-state index is 6.24. The average Bonchev–Trinajstić information content (AvgIpc) is 2.26. The Morgan fingerprint density at radius 2 is 2.18 bits per heavy atom. The summed E-state index contributed by atoms with van der Waals surface area (Å²) in [6.07, 6.45) is 0. The zero-order valence-electron chi connectivity index (χ0n) is 10.6. The van der Waals surface area contributed by atoms with Gasteiger partial charge in [-0.3, -0.25) is 0 Å². The van der Waals surface area contributed by atoms with Crippen molar-refractivity contribution < 1.29 is 4.74 Å². The highest BCUT2D eigenvalue weighted by molar-refractivity contribution is 8.00. The van der Waals surface area contributed by atoms with Crippen molar-refractivity contribution >= 4 is 23.4 Å². The number of rotatable bonds is 7. The van der Waals surface area contributed by atoms with E-state index in [1.54, 1.807) is 7.11 Å². The van der Waals surface area contributed by atoms with E-state index in [1.165, 1.54) is 10.5 Å². The molecular formula is C13H20ClNOS. The van der Waals surface area contributed by atoms with Gasteiger partial charge in [-0.2, -0.15) is 0 Å².